The summed E-state index contributed by atoms with van der Waals surface area (Å²) < 4.78 is 26.4. The molecule has 0 bridgehead atoms. The first-order valence-electron chi connectivity index (χ1n) is 6.76. The molecule has 7 nitrogen and oxygen atoms in total. The van der Waals surface area contributed by atoms with E-state index in [0.29, 0.717) is 30.0 Å². The highest BCUT2D eigenvalue weighted by molar-refractivity contribution is 7.92. The largest absolute Gasteiger partial charge is 0.305 e. The van der Waals surface area contributed by atoms with Crippen molar-refractivity contribution in [1.29, 1.82) is 0 Å². The van der Waals surface area contributed by atoms with Crippen LogP contribution in [0.5, 0.6) is 0 Å². The van der Waals surface area contributed by atoms with Crippen LogP contribution in [-0.2, 0) is 23.5 Å². The van der Waals surface area contributed by atoms with Crippen LogP contribution in [0.25, 0.3) is 0 Å². The number of anilines is 2. The lowest BCUT2D eigenvalue weighted by molar-refractivity contribution is 0.102. The van der Waals surface area contributed by atoms with Gasteiger partial charge in [-0.15, -0.1) is 0 Å². The lowest BCUT2D eigenvalue weighted by Gasteiger charge is -2.16. The zero-order valence-corrected chi connectivity index (χ0v) is 13.1. The second kappa shape index (κ2) is 5.13. The summed E-state index contributed by atoms with van der Waals surface area (Å²) in [6.07, 6.45) is 3.53. The van der Waals surface area contributed by atoms with Crippen LogP contribution < -0.4 is 9.62 Å². The Morgan fingerprint density at radius 3 is 2.73 bits per heavy atom. The Balaban J connectivity index is 1.84. The van der Waals surface area contributed by atoms with Crippen LogP contribution >= 0.6 is 0 Å². The molecule has 8 heteroatoms. The number of aryl methyl sites for hydroxylation is 1. The summed E-state index contributed by atoms with van der Waals surface area (Å²) >= 11 is 0. The minimum absolute atomic E-state index is 0.265. The molecule has 0 saturated carbocycles. The second-order valence-electron chi connectivity index (χ2n) is 5.26. The summed E-state index contributed by atoms with van der Waals surface area (Å²) in [7, 11) is -1.51. The van der Waals surface area contributed by atoms with E-state index >= 15 is 0 Å². The molecule has 3 rings (SSSR count). The lowest BCUT2D eigenvalue weighted by atomic mass is 10.1. The fourth-order valence-corrected chi connectivity index (χ4v) is 3.49. The van der Waals surface area contributed by atoms with Crippen molar-refractivity contribution in [2.45, 2.75) is 6.42 Å². The maximum absolute atomic E-state index is 12.2. The zero-order chi connectivity index (χ0) is 15.9. The number of amides is 1. The molecule has 1 N–H and O–H groups in total. The standard InChI is InChI=1S/C14H16N4O3S/c1-17-7-6-13(16-17)15-14(19)11-3-4-12-10(9-11)5-8-18(12)22(2,20)21/h3-4,6-7,9H,5,8H2,1-2H3,(H,15,16,19). The summed E-state index contributed by atoms with van der Waals surface area (Å²) in [6.45, 7) is 0.416. The highest BCUT2D eigenvalue weighted by Crippen LogP contribution is 2.30. The lowest BCUT2D eigenvalue weighted by Crippen LogP contribution is -2.27. The van der Waals surface area contributed by atoms with Crippen molar-refractivity contribution in [3.05, 3.63) is 41.6 Å². The number of aromatic nitrogens is 2. The van der Waals surface area contributed by atoms with Crippen LogP contribution in [0.3, 0.4) is 0 Å². The Bertz CT molecular complexity index is 842. The molecular formula is C14H16N4O3S. The number of sulfonamides is 1. The van der Waals surface area contributed by atoms with Crippen LogP contribution in [0, 0.1) is 0 Å². The predicted molar refractivity (Wildman–Crippen MR) is 83.5 cm³/mol. The molecule has 0 unspecified atom stereocenters. The minimum atomic E-state index is -3.27. The van der Waals surface area contributed by atoms with E-state index in [0.717, 1.165) is 5.56 Å². The molecule has 1 aromatic heterocycles. The molecule has 2 aromatic rings. The molecule has 22 heavy (non-hydrogen) atoms. The van der Waals surface area contributed by atoms with Crippen molar-refractivity contribution in [2.75, 3.05) is 22.4 Å². The Morgan fingerprint density at radius 1 is 1.32 bits per heavy atom. The van der Waals surface area contributed by atoms with Gasteiger partial charge in [-0.25, -0.2) is 8.42 Å². The number of carbonyl (C=O) groups is 1. The van der Waals surface area contributed by atoms with E-state index in [1.165, 1.54) is 10.6 Å². The molecule has 0 fully saturated rings. The Labute approximate surface area is 128 Å². The first kappa shape index (κ1) is 14.6. The van der Waals surface area contributed by atoms with E-state index in [9.17, 15) is 13.2 Å². The smallest absolute Gasteiger partial charge is 0.256 e. The van der Waals surface area contributed by atoms with E-state index < -0.39 is 10.0 Å². The number of hydrogen-bond acceptors (Lipinski definition) is 4. The number of benzene rings is 1. The molecule has 1 aliphatic heterocycles. The van der Waals surface area contributed by atoms with Gasteiger partial charge in [-0.1, -0.05) is 0 Å². The topological polar surface area (TPSA) is 84.3 Å². The third kappa shape index (κ3) is 2.69. The van der Waals surface area contributed by atoms with Gasteiger partial charge in [0.2, 0.25) is 10.0 Å². The molecule has 0 spiro atoms. The SMILES string of the molecule is Cn1ccc(NC(=O)c2ccc3c(c2)CCN3S(C)(=O)=O)n1. The zero-order valence-electron chi connectivity index (χ0n) is 12.3. The Morgan fingerprint density at radius 2 is 2.09 bits per heavy atom. The number of hydrogen-bond donors (Lipinski definition) is 1. The van der Waals surface area contributed by atoms with Gasteiger partial charge in [0.1, 0.15) is 0 Å². The molecule has 1 aliphatic rings. The highest BCUT2D eigenvalue weighted by atomic mass is 32.2. The molecule has 2 heterocycles. The monoisotopic (exact) mass is 320 g/mol. The second-order valence-corrected chi connectivity index (χ2v) is 7.16. The van der Waals surface area contributed by atoms with Gasteiger partial charge < -0.3 is 5.32 Å². The third-order valence-electron chi connectivity index (χ3n) is 3.55. The fraction of sp³-hybridized carbons (Fsp3) is 0.286. The van der Waals surface area contributed by atoms with Gasteiger partial charge in [-0.3, -0.25) is 13.8 Å². The van der Waals surface area contributed by atoms with Gasteiger partial charge in [-0.05, 0) is 30.2 Å². The Hall–Kier alpha value is -2.35. The quantitative estimate of drug-likeness (QED) is 0.914. The molecule has 1 aromatic carbocycles. The number of rotatable bonds is 3. The van der Waals surface area contributed by atoms with E-state index in [2.05, 4.69) is 10.4 Å². The average molecular weight is 320 g/mol. The van der Waals surface area contributed by atoms with Gasteiger partial charge in [-0.2, -0.15) is 5.10 Å². The van der Waals surface area contributed by atoms with E-state index in [-0.39, 0.29) is 5.91 Å². The van der Waals surface area contributed by atoms with Crippen molar-refractivity contribution in [1.82, 2.24) is 9.78 Å². The summed E-state index contributed by atoms with van der Waals surface area (Å²) in [6, 6.07) is 6.74. The van der Waals surface area contributed by atoms with Crippen molar-refractivity contribution in [2.24, 2.45) is 7.05 Å². The minimum Gasteiger partial charge on any atom is -0.305 e. The van der Waals surface area contributed by atoms with Gasteiger partial charge >= 0.3 is 0 Å². The molecule has 116 valence electrons. The molecule has 1 amide bonds. The van der Waals surface area contributed by atoms with Crippen molar-refractivity contribution in [3.8, 4) is 0 Å². The predicted octanol–water partition coefficient (Wildman–Crippen LogP) is 0.994. The fourth-order valence-electron chi connectivity index (χ4n) is 2.53. The van der Waals surface area contributed by atoms with Crippen LogP contribution in [0.1, 0.15) is 15.9 Å². The summed E-state index contributed by atoms with van der Waals surface area (Å²) in [5, 5.41) is 6.80. The molecule has 0 saturated heterocycles. The first-order valence-corrected chi connectivity index (χ1v) is 8.61. The molecule has 0 radical (unpaired) electrons. The summed E-state index contributed by atoms with van der Waals surface area (Å²) in [5.41, 5.74) is 2.00. The van der Waals surface area contributed by atoms with Crippen LogP contribution in [-0.4, -0.2) is 36.9 Å². The maximum Gasteiger partial charge on any atom is 0.256 e. The van der Waals surface area contributed by atoms with Crippen LogP contribution in [0.4, 0.5) is 11.5 Å². The van der Waals surface area contributed by atoms with E-state index in [1.807, 2.05) is 0 Å². The Kier molecular flexibility index (Phi) is 3.40. The van der Waals surface area contributed by atoms with Gasteiger partial charge in [0.25, 0.3) is 5.91 Å². The number of fused-ring (bicyclic) bond motifs is 1. The molecular weight excluding hydrogens is 304 g/mol. The van der Waals surface area contributed by atoms with Crippen molar-refractivity contribution >= 4 is 27.4 Å². The number of nitrogens with one attached hydrogen (secondary N) is 1. The van der Waals surface area contributed by atoms with Crippen LogP contribution in [0.2, 0.25) is 0 Å². The van der Waals surface area contributed by atoms with Gasteiger partial charge in [0.15, 0.2) is 5.82 Å². The van der Waals surface area contributed by atoms with Crippen molar-refractivity contribution < 1.29 is 13.2 Å². The number of carbonyl (C=O) groups excluding carboxylic acids is 1. The summed E-state index contributed by atoms with van der Waals surface area (Å²) in [5.74, 6) is 0.213. The first-order chi connectivity index (χ1) is 10.3. The van der Waals surface area contributed by atoms with Crippen molar-refractivity contribution in [3.63, 3.8) is 0 Å². The third-order valence-corrected chi connectivity index (χ3v) is 4.73. The maximum atomic E-state index is 12.2. The van der Waals surface area contributed by atoms with E-state index in [4.69, 9.17) is 0 Å². The highest BCUT2D eigenvalue weighted by Gasteiger charge is 2.26. The summed E-state index contributed by atoms with van der Waals surface area (Å²) in [4.78, 5) is 12.2. The van der Waals surface area contributed by atoms with Crippen LogP contribution in [0.15, 0.2) is 30.5 Å². The van der Waals surface area contributed by atoms with Gasteiger partial charge in [0, 0.05) is 31.4 Å². The van der Waals surface area contributed by atoms with Gasteiger partial charge in [0.05, 0.1) is 11.9 Å². The van der Waals surface area contributed by atoms with E-state index in [1.54, 1.807) is 42.2 Å². The molecule has 0 aliphatic carbocycles. The number of nitrogens with zero attached hydrogens (tertiary/aromatic N) is 3. The molecule has 0 atom stereocenters. The normalized spacial score (nSPS) is 14.0. The average Bonchev–Trinajstić information content (AvgIpc) is 3.03.